The normalized spacial score (nSPS) is 17.8. The predicted molar refractivity (Wildman–Crippen MR) is 230 cm³/mol. The highest BCUT2D eigenvalue weighted by Gasteiger charge is 2.37. The third-order valence-electron chi connectivity index (χ3n) is 11.2. The van der Waals surface area contributed by atoms with Crippen LogP contribution in [-0.2, 0) is 50.7 Å². The smallest absolute Gasteiger partial charge is 0.180 e. The Bertz CT molecular complexity index is 2760. The zero-order chi connectivity index (χ0) is 41.4. The molecule has 3 aliphatic rings. The van der Waals surface area contributed by atoms with Crippen LogP contribution in [0, 0.1) is 5.41 Å². The van der Waals surface area contributed by atoms with E-state index >= 15 is 0 Å². The van der Waals surface area contributed by atoms with E-state index in [0.29, 0.717) is 84.4 Å². The van der Waals surface area contributed by atoms with E-state index in [0.717, 1.165) is 44.2 Å². The molecule has 0 spiro atoms. The largest absolute Gasteiger partial charge is 0.392 e. The summed E-state index contributed by atoms with van der Waals surface area (Å²) in [7, 11) is -6.66. The standard InChI is InChI=1S/C24H28N4O4S.C19H17ClN2O3S/c25-13-24(15-32-16-24)14-26-21-10-23(27-20-6-5-17(12-29)9-19(20)21)28-7-8-33(30,31)22-4-2-1-3-18(22)11-28;20-16-10-19(21-17-6-5-13(12-23)9-15(16)17)22-7-8-26(24,25)18-4-2-1-3-14(18)11-22/h1-6,9-10,29H,7-8,11-16,25H2,(H,26,27);1-6,9-10,23H,7-8,11-12H2. The maximum atomic E-state index is 12.8. The molecule has 5 heterocycles. The number of pyridine rings is 2. The Morgan fingerprint density at radius 1 is 0.712 bits per heavy atom. The van der Waals surface area contributed by atoms with Gasteiger partial charge in [-0.3, -0.25) is 0 Å². The first-order valence-corrected chi connectivity index (χ1v) is 23.0. The Morgan fingerprint density at radius 3 is 1.73 bits per heavy atom. The number of nitrogens with two attached hydrogens (primary N) is 1. The summed E-state index contributed by atoms with van der Waals surface area (Å²) >= 11 is 6.44. The van der Waals surface area contributed by atoms with Crippen molar-refractivity contribution < 1.29 is 31.8 Å². The molecule has 0 bridgehead atoms. The van der Waals surface area contributed by atoms with Gasteiger partial charge in [0.1, 0.15) is 11.6 Å². The number of aliphatic hydroxyl groups excluding tert-OH is 2. The van der Waals surface area contributed by atoms with E-state index in [2.05, 4.69) is 10.3 Å². The van der Waals surface area contributed by atoms with Gasteiger partial charge < -0.3 is 35.8 Å². The van der Waals surface area contributed by atoms with Gasteiger partial charge in [0, 0.05) is 67.2 Å². The van der Waals surface area contributed by atoms with Crippen LogP contribution in [-0.4, -0.2) is 87.9 Å². The number of ether oxygens (including phenoxy) is 1. The van der Waals surface area contributed by atoms with Crippen LogP contribution in [0.2, 0.25) is 5.02 Å². The van der Waals surface area contributed by atoms with Crippen molar-refractivity contribution >= 4 is 70.4 Å². The molecular formula is C43H45ClN6O7S2. The molecule has 2 aromatic heterocycles. The van der Waals surface area contributed by atoms with Crippen molar-refractivity contribution in [2.24, 2.45) is 11.1 Å². The molecule has 1 saturated heterocycles. The summed E-state index contributed by atoms with van der Waals surface area (Å²) < 4.78 is 56.0. The number of anilines is 3. The molecule has 5 N–H and O–H groups in total. The minimum absolute atomic E-state index is 0.0313. The summed E-state index contributed by atoms with van der Waals surface area (Å²) in [5.74, 6) is 1.42. The van der Waals surface area contributed by atoms with E-state index in [1.807, 2.05) is 70.5 Å². The average molecular weight is 857 g/mol. The first-order chi connectivity index (χ1) is 28.4. The number of rotatable bonds is 8. The van der Waals surface area contributed by atoms with Crippen molar-refractivity contribution in [3.05, 3.63) is 124 Å². The summed E-state index contributed by atoms with van der Waals surface area (Å²) in [6.07, 6.45) is 0. The highest BCUT2D eigenvalue weighted by atomic mass is 35.5. The van der Waals surface area contributed by atoms with E-state index in [-0.39, 0.29) is 30.1 Å². The fraction of sp³-hybridized carbons (Fsp3) is 0.302. The van der Waals surface area contributed by atoms with Crippen LogP contribution in [0.15, 0.2) is 107 Å². The van der Waals surface area contributed by atoms with Crippen LogP contribution in [0.1, 0.15) is 22.3 Å². The van der Waals surface area contributed by atoms with Crippen LogP contribution >= 0.6 is 11.6 Å². The predicted octanol–water partition coefficient (Wildman–Crippen LogP) is 5.08. The fourth-order valence-electron chi connectivity index (χ4n) is 7.63. The number of nitrogens with zero attached hydrogens (tertiary/aromatic N) is 4. The number of hydrogen-bond donors (Lipinski definition) is 4. The molecule has 13 nitrogen and oxygen atoms in total. The highest BCUT2D eigenvalue weighted by Crippen LogP contribution is 2.34. The molecule has 0 aliphatic carbocycles. The zero-order valence-corrected chi connectivity index (χ0v) is 34.6. The number of aliphatic hydroxyl groups is 2. The molecule has 1 fully saturated rings. The van der Waals surface area contributed by atoms with E-state index in [9.17, 15) is 27.0 Å². The van der Waals surface area contributed by atoms with Gasteiger partial charge in [-0.15, -0.1) is 0 Å². The third-order valence-corrected chi connectivity index (χ3v) is 15.1. The lowest BCUT2D eigenvalue weighted by Gasteiger charge is -2.40. The molecule has 3 aliphatic heterocycles. The van der Waals surface area contributed by atoms with E-state index in [4.69, 9.17) is 27.1 Å². The minimum Gasteiger partial charge on any atom is -0.392 e. The van der Waals surface area contributed by atoms with Gasteiger partial charge in [0.15, 0.2) is 19.7 Å². The molecule has 0 atom stereocenters. The molecule has 0 amide bonds. The summed E-state index contributed by atoms with van der Waals surface area (Å²) in [6.45, 7) is 3.92. The van der Waals surface area contributed by atoms with Gasteiger partial charge in [0.2, 0.25) is 0 Å². The fourth-order valence-corrected chi connectivity index (χ4v) is 10.9. The molecule has 0 saturated carbocycles. The van der Waals surface area contributed by atoms with Crippen molar-refractivity contribution in [2.45, 2.75) is 36.1 Å². The van der Waals surface area contributed by atoms with Gasteiger partial charge >= 0.3 is 0 Å². The Hall–Kier alpha value is -4.87. The number of fused-ring (bicyclic) bond motifs is 4. The first-order valence-electron chi connectivity index (χ1n) is 19.3. The molecule has 6 aromatic rings. The number of sulfone groups is 2. The average Bonchev–Trinajstić information content (AvgIpc) is 3.46. The lowest BCUT2D eigenvalue weighted by atomic mass is 9.86. The number of aromatic nitrogens is 2. The number of benzene rings is 4. The van der Waals surface area contributed by atoms with Crippen LogP contribution in [0.25, 0.3) is 21.8 Å². The van der Waals surface area contributed by atoms with Crippen molar-refractivity contribution in [1.82, 2.24) is 9.97 Å². The van der Waals surface area contributed by atoms with E-state index < -0.39 is 19.7 Å². The molecule has 9 rings (SSSR count). The summed E-state index contributed by atoms with van der Waals surface area (Å²) in [4.78, 5) is 14.3. The van der Waals surface area contributed by atoms with Gasteiger partial charge in [0.25, 0.3) is 0 Å². The Balaban J connectivity index is 0.000000169. The van der Waals surface area contributed by atoms with Crippen molar-refractivity contribution in [2.75, 3.05) is 66.0 Å². The van der Waals surface area contributed by atoms with Gasteiger partial charge in [-0.2, -0.15) is 0 Å². The van der Waals surface area contributed by atoms with Crippen molar-refractivity contribution in [3.63, 3.8) is 0 Å². The Labute approximate surface area is 348 Å². The van der Waals surface area contributed by atoms with Crippen LogP contribution in [0.4, 0.5) is 17.3 Å². The number of nitrogens with one attached hydrogen (secondary N) is 1. The second kappa shape index (κ2) is 16.6. The van der Waals surface area contributed by atoms with Crippen LogP contribution < -0.4 is 20.9 Å². The van der Waals surface area contributed by atoms with Gasteiger partial charge in [-0.25, -0.2) is 26.8 Å². The lowest BCUT2D eigenvalue weighted by Crippen LogP contribution is -2.52. The summed E-state index contributed by atoms with van der Waals surface area (Å²) in [5, 5.41) is 24.7. The van der Waals surface area contributed by atoms with Gasteiger partial charge in [0.05, 0.1) is 63.8 Å². The SMILES string of the molecule is NCC1(CNc2cc(N3CCS(=O)(=O)c4ccccc4C3)nc3ccc(CO)cc23)COC1.O=S1(=O)CCN(c2cc(Cl)c3cc(CO)ccc3n2)Cc2ccccc21. The molecule has 59 heavy (non-hydrogen) atoms. The number of halogens is 1. The maximum Gasteiger partial charge on any atom is 0.180 e. The molecule has 16 heteroatoms. The second-order valence-corrected chi connectivity index (χ2v) is 19.8. The summed E-state index contributed by atoms with van der Waals surface area (Å²) in [5.41, 5.74) is 11.4. The molecular weight excluding hydrogens is 812 g/mol. The van der Waals surface area contributed by atoms with Crippen molar-refractivity contribution in [3.8, 4) is 0 Å². The van der Waals surface area contributed by atoms with E-state index in [1.54, 1.807) is 36.4 Å². The summed E-state index contributed by atoms with van der Waals surface area (Å²) in [6, 6.07) is 29.1. The zero-order valence-electron chi connectivity index (χ0n) is 32.2. The molecule has 0 radical (unpaired) electrons. The topological polar surface area (TPSA) is 188 Å². The Morgan fingerprint density at radius 2 is 1.22 bits per heavy atom. The minimum atomic E-state index is -3.35. The van der Waals surface area contributed by atoms with Crippen molar-refractivity contribution in [1.29, 1.82) is 0 Å². The second-order valence-electron chi connectivity index (χ2n) is 15.3. The monoisotopic (exact) mass is 856 g/mol. The Kier molecular flexibility index (Phi) is 11.5. The van der Waals surface area contributed by atoms with E-state index in [1.165, 1.54) is 0 Å². The third kappa shape index (κ3) is 8.46. The van der Waals surface area contributed by atoms with Crippen LogP contribution in [0.3, 0.4) is 0 Å². The molecule has 308 valence electrons. The van der Waals surface area contributed by atoms with Crippen LogP contribution in [0.5, 0.6) is 0 Å². The van der Waals surface area contributed by atoms with Gasteiger partial charge in [-0.05, 0) is 64.7 Å². The first kappa shape index (κ1) is 40.9. The lowest BCUT2D eigenvalue weighted by molar-refractivity contribution is -0.0979. The molecule has 4 aromatic carbocycles. The maximum absolute atomic E-state index is 12.8. The molecule has 0 unspecified atom stereocenters. The highest BCUT2D eigenvalue weighted by molar-refractivity contribution is 7.91. The quantitative estimate of drug-likeness (QED) is 0.159. The van der Waals surface area contributed by atoms with Gasteiger partial charge in [-0.1, -0.05) is 60.1 Å². The number of hydrogen-bond acceptors (Lipinski definition) is 13.